The first-order chi connectivity index (χ1) is 11.6. The van der Waals surface area contributed by atoms with Crippen molar-refractivity contribution in [3.8, 4) is 0 Å². The molecule has 0 bridgehead atoms. The highest BCUT2D eigenvalue weighted by Crippen LogP contribution is 2.19. The number of carbonyl (C=O) groups excluding carboxylic acids is 2. The van der Waals surface area contributed by atoms with Gasteiger partial charge in [0.25, 0.3) is 5.91 Å². The van der Waals surface area contributed by atoms with Crippen molar-refractivity contribution in [3.05, 3.63) is 64.7 Å². The molecule has 122 valence electrons. The Labute approximate surface area is 143 Å². The van der Waals surface area contributed by atoms with Crippen molar-refractivity contribution in [1.29, 1.82) is 0 Å². The van der Waals surface area contributed by atoms with Gasteiger partial charge in [-0.25, -0.2) is 9.78 Å². The fraction of sp³-hybridized carbons (Fsp3) is 0.167. The van der Waals surface area contributed by atoms with Crippen LogP contribution >= 0.6 is 11.3 Å². The Balaban J connectivity index is 1.49. The van der Waals surface area contributed by atoms with Crippen LogP contribution < -0.4 is 5.32 Å². The summed E-state index contributed by atoms with van der Waals surface area (Å²) in [5.41, 5.74) is 5.14. The lowest BCUT2D eigenvalue weighted by molar-refractivity contribution is -0.124. The highest BCUT2D eigenvalue weighted by molar-refractivity contribution is 7.16. The number of nitrogens with one attached hydrogen (secondary N) is 1. The Kier molecular flexibility index (Phi) is 4.86. The van der Waals surface area contributed by atoms with Crippen LogP contribution in [0.5, 0.6) is 0 Å². The monoisotopic (exact) mass is 340 g/mol. The maximum atomic E-state index is 12.0. The molecule has 0 aliphatic heterocycles. The van der Waals surface area contributed by atoms with Gasteiger partial charge in [-0.1, -0.05) is 29.8 Å². The van der Waals surface area contributed by atoms with Crippen LogP contribution in [0.25, 0.3) is 10.2 Å². The fourth-order valence-electron chi connectivity index (χ4n) is 2.15. The number of amides is 1. The number of aryl methyl sites for hydroxylation is 1. The number of thiazole rings is 1. The van der Waals surface area contributed by atoms with Gasteiger partial charge >= 0.3 is 5.97 Å². The molecule has 0 unspecified atom stereocenters. The zero-order chi connectivity index (χ0) is 16.9. The predicted molar refractivity (Wildman–Crippen MR) is 92.9 cm³/mol. The van der Waals surface area contributed by atoms with E-state index < -0.39 is 5.97 Å². The average molecular weight is 340 g/mol. The first-order valence-electron chi connectivity index (χ1n) is 7.44. The van der Waals surface area contributed by atoms with E-state index in [1.807, 2.05) is 31.2 Å². The first kappa shape index (κ1) is 16.1. The molecule has 0 aliphatic rings. The Hall–Kier alpha value is -2.73. The van der Waals surface area contributed by atoms with Gasteiger partial charge in [0.15, 0.2) is 6.61 Å². The molecule has 0 atom stereocenters. The molecule has 1 amide bonds. The van der Waals surface area contributed by atoms with E-state index >= 15 is 0 Å². The van der Waals surface area contributed by atoms with Crippen LogP contribution in [0, 0.1) is 6.92 Å². The number of hydrogen-bond acceptors (Lipinski definition) is 5. The lowest BCUT2D eigenvalue weighted by atomic mass is 10.1. The summed E-state index contributed by atoms with van der Waals surface area (Å²) in [6, 6.07) is 13.0. The normalized spacial score (nSPS) is 10.5. The second kappa shape index (κ2) is 7.23. The van der Waals surface area contributed by atoms with Gasteiger partial charge in [0.2, 0.25) is 0 Å². The molecule has 0 radical (unpaired) electrons. The molecule has 24 heavy (non-hydrogen) atoms. The van der Waals surface area contributed by atoms with Gasteiger partial charge in [-0.15, -0.1) is 11.3 Å². The minimum Gasteiger partial charge on any atom is -0.452 e. The van der Waals surface area contributed by atoms with Crippen molar-refractivity contribution in [2.45, 2.75) is 13.5 Å². The summed E-state index contributed by atoms with van der Waals surface area (Å²) in [6.45, 7) is 2.11. The average Bonchev–Trinajstić information content (AvgIpc) is 3.06. The lowest BCUT2D eigenvalue weighted by Gasteiger charge is -2.07. The van der Waals surface area contributed by atoms with Crippen LogP contribution in [0.1, 0.15) is 21.5 Å². The topological polar surface area (TPSA) is 68.3 Å². The molecule has 1 aromatic heterocycles. The van der Waals surface area contributed by atoms with E-state index in [4.69, 9.17) is 4.74 Å². The summed E-state index contributed by atoms with van der Waals surface area (Å²) in [4.78, 5) is 28.0. The number of ether oxygens (including phenoxy) is 1. The van der Waals surface area contributed by atoms with Crippen molar-refractivity contribution in [2.24, 2.45) is 0 Å². The molecule has 3 rings (SSSR count). The molecule has 6 heteroatoms. The van der Waals surface area contributed by atoms with Crippen LogP contribution in [0.4, 0.5) is 0 Å². The number of aromatic nitrogens is 1. The minimum absolute atomic E-state index is 0.300. The molecule has 1 N–H and O–H groups in total. The first-order valence-corrected chi connectivity index (χ1v) is 8.32. The summed E-state index contributed by atoms with van der Waals surface area (Å²) < 4.78 is 5.97. The standard InChI is InChI=1S/C18H16N2O3S/c1-12-2-4-13(5-3-12)9-19-17(21)10-23-18(22)14-6-7-15-16(8-14)24-11-20-15/h2-8,11H,9-10H2,1H3,(H,19,21). The second-order valence-electron chi connectivity index (χ2n) is 5.37. The van der Waals surface area contributed by atoms with Crippen LogP contribution in [-0.4, -0.2) is 23.5 Å². The summed E-state index contributed by atoms with van der Waals surface area (Å²) in [5.74, 6) is -0.849. The van der Waals surface area contributed by atoms with Crippen molar-refractivity contribution in [3.63, 3.8) is 0 Å². The summed E-state index contributed by atoms with van der Waals surface area (Å²) >= 11 is 1.45. The highest BCUT2D eigenvalue weighted by atomic mass is 32.1. The van der Waals surface area contributed by atoms with Crippen LogP contribution in [0.15, 0.2) is 48.0 Å². The third kappa shape index (κ3) is 3.97. The van der Waals surface area contributed by atoms with Crippen molar-refractivity contribution >= 4 is 33.4 Å². The highest BCUT2D eigenvalue weighted by Gasteiger charge is 2.11. The van der Waals surface area contributed by atoms with E-state index in [1.165, 1.54) is 11.3 Å². The smallest absolute Gasteiger partial charge is 0.338 e. The zero-order valence-corrected chi connectivity index (χ0v) is 13.9. The molecule has 5 nitrogen and oxygen atoms in total. The molecule has 1 heterocycles. The Bertz CT molecular complexity index is 871. The number of carbonyl (C=O) groups is 2. The minimum atomic E-state index is -0.518. The van der Waals surface area contributed by atoms with Gasteiger partial charge in [-0.05, 0) is 30.7 Å². The van der Waals surface area contributed by atoms with Crippen molar-refractivity contribution in [2.75, 3.05) is 6.61 Å². The van der Waals surface area contributed by atoms with Gasteiger partial charge in [-0.3, -0.25) is 4.79 Å². The number of esters is 1. The maximum absolute atomic E-state index is 12.0. The molecular weight excluding hydrogens is 324 g/mol. The zero-order valence-electron chi connectivity index (χ0n) is 13.1. The largest absolute Gasteiger partial charge is 0.452 e. The molecular formula is C18H16N2O3S. The van der Waals surface area contributed by atoms with Gasteiger partial charge in [0, 0.05) is 6.54 Å². The second-order valence-corrected chi connectivity index (χ2v) is 6.26. The van der Waals surface area contributed by atoms with Gasteiger partial charge in [0.05, 0.1) is 21.3 Å². The van der Waals surface area contributed by atoms with Crippen LogP contribution in [-0.2, 0) is 16.1 Å². The third-order valence-electron chi connectivity index (χ3n) is 3.51. The number of hydrogen-bond donors (Lipinski definition) is 1. The lowest BCUT2D eigenvalue weighted by Crippen LogP contribution is -2.28. The molecule has 0 fully saturated rings. The van der Waals surface area contributed by atoms with E-state index in [9.17, 15) is 9.59 Å². The van der Waals surface area contributed by atoms with Crippen LogP contribution in [0.2, 0.25) is 0 Å². The van der Waals surface area contributed by atoms with Crippen LogP contribution in [0.3, 0.4) is 0 Å². The summed E-state index contributed by atoms with van der Waals surface area (Å²) in [6.07, 6.45) is 0. The molecule has 0 saturated carbocycles. The van der Waals surface area contributed by atoms with Crippen molar-refractivity contribution in [1.82, 2.24) is 10.3 Å². The van der Waals surface area contributed by atoms with Gasteiger partial charge in [-0.2, -0.15) is 0 Å². The summed E-state index contributed by atoms with van der Waals surface area (Å²) in [5, 5.41) is 2.73. The SMILES string of the molecule is Cc1ccc(CNC(=O)COC(=O)c2ccc3ncsc3c2)cc1. The van der Waals surface area contributed by atoms with Crippen molar-refractivity contribution < 1.29 is 14.3 Å². The summed E-state index contributed by atoms with van der Waals surface area (Å²) in [7, 11) is 0. The number of benzene rings is 2. The van der Waals surface area contributed by atoms with E-state index in [-0.39, 0.29) is 12.5 Å². The quantitative estimate of drug-likeness (QED) is 0.725. The molecule has 3 aromatic rings. The fourth-order valence-corrected chi connectivity index (χ4v) is 2.87. The third-order valence-corrected chi connectivity index (χ3v) is 4.30. The van der Waals surface area contributed by atoms with Gasteiger partial charge in [0.1, 0.15) is 0 Å². The molecule has 0 aliphatic carbocycles. The number of fused-ring (bicyclic) bond motifs is 1. The maximum Gasteiger partial charge on any atom is 0.338 e. The number of rotatable bonds is 5. The Morgan fingerprint density at radius 1 is 1.17 bits per heavy atom. The van der Waals surface area contributed by atoms with Gasteiger partial charge < -0.3 is 10.1 Å². The Morgan fingerprint density at radius 2 is 1.96 bits per heavy atom. The predicted octanol–water partition coefficient (Wildman–Crippen LogP) is 3.08. The van der Waals surface area contributed by atoms with E-state index in [0.29, 0.717) is 12.1 Å². The molecule has 0 spiro atoms. The van der Waals surface area contributed by atoms with E-state index in [1.54, 1.807) is 23.7 Å². The van der Waals surface area contributed by atoms with E-state index in [2.05, 4.69) is 10.3 Å². The van der Waals surface area contributed by atoms with E-state index in [0.717, 1.165) is 21.3 Å². The molecule has 2 aromatic carbocycles. The number of nitrogens with zero attached hydrogens (tertiary/aromatic N) is 1. The molecule has 0 saturated heterocycles. The Morgan fingerprint density at radius 3 is 2.75 bits per heavy atom.